The number of aromatic nitrogens is 5. The molecule has 0 aliphatic heterocycles. The van der Waals surface area contributed by atoms with Gasteiger partial charge in [-0.1, -0.05) is 0 Å². The number of nitrogens with zero attached hydrogens (tertiary/aromatic N) is 4. The van der Waals surface area contributed by atoms with Gasteiger partial charge < -0.3 is 4.57 Å². The molecular weight excluding hydrogens is 402 g/mol. The molecule has 0 radical (unpaired) electrons. The quantitative estimate of drug-likeness (QED) is 0.482. The summed E-state index contributed by atoms with van der Waals surface area (Å²) in [5.74, 6) is 0. The third-order valence-corrected chi connectivity index (χ3v) is 6.93. The fraction of sp³-hybridized carbons (Fsp3) is 0.0952. The summed E-state index contributed by atoms with van der Waals surface area (Å²) in [5, 5.41) is 12.6. The summed E-state index contributed by atoms with van der Waals surface area (Å²) >= 11 is 0. The standard InChI is InChI=1S/C21H17N5O3S/c1-25-9-7-14-10-18(3-5-20(14)25)30(28,29)17-2-4-19-15(11-17)12-23-26(21(19)27)13-16-6-8-22-24-16/h2-12H,13H2,1H3,(H,22,24). The summed E-state index contributed by atoms with van der Waals surface area (Å²) in [4.78, 5) is 13.1. The number of hydrogen-bond donors (Lipinski definition) is 1. The van der Waals surface area contributed by atoms with Crippen molar-refractivity contribution in [3.8, 4) is 0 Å². The highest BCUT2D eigenvalue weighted by atomic mass is 32.2. The lowest BCUT2D eigenvalue weighted by atomic mass is 10.2. The molecule has 2 aromatic carbocycles. The molecule has 5 aromatic rings. The minimum Gasteiger partial charge on any atom is -0.351 e. The summed E-state index contributed by atoms with van der Waals surface area (Å²) in [6.45, 7) is 0.256. The predicted molar refractivity (Wildman–Crippen MR) is 112 cm³/mol. The molecule has 8 nitrogen and oxygen atoms in total. The molecule has 0 aliphatic carbocycles. The molecule has 0 bridgehead atoms. The van der Waals surface area contributed by atoms with Gasteiger partial charge in [0.25, 0.3) is 5.56 Å². The van der Waals surface area contributed by atoms with E-state index >= 15 is 0 Å². The van der Waals surface area contributed by atoms with Crippen molar-refractivity contribution < 1.29 is 8.42 Å². The van der Waals surface area contributed by atoms with Crippen LogP contribution < -0.4 is 5.56 Å². The van der Waals surface area contributed by atoms with Gasteiger partial charge in [0, 0.05) is 35.7 Å². The Morgan fingerprint density at radius 2 is 1.77 bits per heavy atom. The third kappa shape index (κ3) is 2.91. The normalized spacial score (nSPS) is 12.0. The molecule has 0 saturated heterocycles. The van der Waals surface area contributed by atoms with Crippen molar-refractivity contribution in [2.45, 2.75) is 16.3 Å². The topological polar surface area (TPSA) is 103 Å². The molecule has 0 aliphatic rings. The number of hydrogen-bond acceptors (Lipinski definition) is 5. The molecule has 0 amide bonds. The van der Waals surface area contributed by atoms with E-state index in [-0.39, 0.29) is 21.9 Å². The van der Waals surface area contributed by atoms with E-state index in [4.69, 9.17) is 0 Å². The molecule has 0 unspecified atom stereocenters. The largest absolute Gasteiger partial charge is 0.351 e. The molecule has 0 atom stereocenters. The Labute approximate surface area is 171 Å². The molecule has 30 heavy (non-hydrogen) atoms. The average Bonchev–Trinajstić information content (AvgIpc) is 3.39. The Morgan fingerprint density at radius 1 is 1.00 bits per heavy atom. The van der Waals surface area contributed by atoms with Crippen molar-refractivity contribution in [3.63, 3.8) is 0 Å². The number of sulfone groups is 1. The van der Waals surface area contributed by atoms with Gasteiger partial charge in [0.05, 0.1) is 33.6 Å². The number of aryl methyl sites for hydroxylation is 1. The van der Waals surface area contributed by atoms with Crippen LogP contribution >= 0.6 is 0 Å². The lowest BCUT2D eigenvalue weighted by Crippen LogP contribution is -2.23. The number of benzene rings is 2. The fourth-order valence-corrected chi connectivity index (χ4v) is 4.87. The summed E-state index contributed by atoms with van der Waals surface area (Å²) in [6.07, 6.45) is 4.99. The van der Waals surface area contributed by atoms with E-state index < -0.39 is 9.84 Å². The smallest absolute Gasteiger partial charge is 0.274 e. The Morgan fingerprint density at radius 3 is 2.53 bits per heavy atom. The molecule has 1 N–H and O–H groups in total. The summed E-state index contributed by atoms with van der Waals surface area (Å²) in [5.41, 5.74) is 1.41. The molecule has 0 fully saturated rings. The second-order valence-electron chi connectivity index (χ2n) is 7.09. The molecule has 150 valence electrons. The van der Waals surface area contributed by atoms with Crippen molar-refractivity contribution in [1.29, 1.82) is 0 Å². The zero-order valence-electron chi connectivity index (χ0n) is 16.0. The first-order valence-electron chi connectivity index (χ1n) is 9.22. The van der Waals surface area contributed by atoms with E-state index in [1.807, 2.05) is 23.9 Å². The minimum absolute atomic E-state index is 0.123. The van der Waals surface area contributed by atoms with E-state index in [9.17, 15) is 13.2 Å². The highest BCUT2D eigenvalue weighted by molar-refractivity contribution is 7.91. The van der Waals surface area contributed by atoms with Crippen LogP contribution in [0.2, 0.25) is 0 Å². The van der Waals surface area contributed by atoms with Gasteiger partial charge in [-0.15, -0.1) is 0 Å². The first-order valence-corrected chi connectivity index (χ1v) is 10.7. The number of fused-ring (bicyclic) bond motifs is 2. The van der Waals surface area contributed by atoms with Gasteiger partial charge >= 0.3 is 0 Å². The van der Waals surface area contributed by atoms with Crippen LogP contribution in [0.3, 0.4) is 0 Å². The Bertz CT molecular complexity index is 1560. The zero-order valence-corrected chi connectivity index (χ0v) is 16.8. The Kier molecular flexibility index (Phi) is 4.07. The summed E-state index contributed by atoms with van der Waals surface area (Å²) in [7, 11) is -1.83. The second kappa shape index (κ2) is 6.67. The van der Waals surface area contributed by atoms with Crippen LogP contribution in [0.15, 0.2) is 81.7 Å². The van der Waals surface area contributed by atoms with Crippen LogP contribution in [-0.2, 0) is 23.4 Å². The lowest BCUT2D eigenvalue weighted by molar-refractivity contribution is 0.596. The van der Waals surface area contributed by atoms with Crippen molar-refractivity contribution >= 4 is 31.5 Å². The maximum absolute atomic E-state index is 13.2. The third-order valence-electron chi connectivity index (χ3n) is 5.18. The summed E-state index contributed by atoms with van der Waals surface area (Å²) < 4.78 is 29.6. The van der Waals surface area contributed by atoms with E-state index in [0.717, 1.165) is 16.6 Å². The Hall–Kier alpha value is -3.72. The van der Waals surface area contributed by atoms with Gasteiger partial charge in [0.2, 0.25) is 9.84 Å². The van der Waals surface area contributed by atoms with Gasteiger partial charge in [-0.2, -0.15) is 10.2 Å². The van der Waals surface area contributed by atoms with Crippen molar-refractivity contribution in [2.24, 2.45) is 7.05 Å². The number of rotatable bonds is 4. The van der Waals surface area contributed by atoms with Crippen LogP contribution in [0.1, 0.15) is 5.69 Å². The Balaban J connectivity index is 1.57. The molecular formula is C21H17N5O3S. The number of H-pyrrole nitrogens is 1. The maximum Gasteiger partial charge on any atom is 0.274 e. The van der Waals surface area contributed by atoms with E-state index in [2.05, 4.69) is 15.3 Å². The first-order chi connectivity index (χ1) is 14.4. The molecule has 3 aromatic heterocycles. The highest BCUT2D eigenvalue weighted by Crippen LogP contribution is 2.26. The van der Waals surface area contributed by atoms with Crippen molar-refractivity contribution in [2.75, 3.05) is 0 Å². The van der Waals surface area contributed by atoms with Gasteiger partial charge in [0.1, 0.15) is 0 Å². The van der Waals surface area contributed by atoms with Crippen molar-refractivity contribution in [1.82, 2.24) is 24.5 Å². The van der Waals surface area contributed by atoms with Crippen molar-refractivity contribution in [3.05, 3.63) is 83.2 Å². The fourth-order valence-electron chi connectivity index (χ4n) is 3.54. The number of nitrogens with one attached hydrogen (secondary N) is 1. The van der Waals surface area contributed by atoms with Gasteiger partial charge in [-0.05, 0) is 48.5 Å². The van der Waals surface area contributed by atoms with Crippen LogP contribution in [-0.4, -0.2) is 33.0 Å². The lowest BCUT2D eigenvalue weighted by Gasteiger charge is -2.08. The molecule has 5 rings (SSSR count). The van der Waals surface area contributed by atoms with E-state index in [0.29, 0.717) is 10.8 Å². The van der Waals surface area contributed by atoms with Crippen LogP contribution in [0, 0.1) is 0 Å². The van der Waals surface area contributed by atoms with Gasteiger partial charge in [0.15, 0.2) is 0 Å². The molecule has 9 heteroatoms. The monoisotopic (exact) mass is 419 g/mol. The zero-order chi connectivity index (χ0) is 20.9. The number of aromatic amines is 1. The van der Waals surface area contributed by atoms with E-state index in [1.54, 1.807) is 30.5 Å². The molecule has 0 saturated carbocycles. The highest BCUT2D eigenvalue weighted by Gasteiger charge is 2.19. The maximum atomic E-state index is 13.2. The predicted octanol–water partition coefficient (Wildman–Crippen LogP) is 2.49. The first kappa shape index (κ1) is 18.3. The van der Waals surface area contributed by atoms with Crippen LogP contribution in [0.5, 0.6) is 0 Å². The van der Waals surface area contributed by atoms with Gasteiger partial charge in [-0.25, -0.2) is 13.1 Å². The van der Waals surface area contributed by atoms with Crippen LogP contribution in [0.25, 0.3) is 21.7 Å². The minimum atomic E-state index is -3.74. The van der Waals surface area contributed by atoms with Gasteiger partial charge in [-0.3, -0.25) is 9.89 Å². The second-order valence-corrected chi connectivity index (χ2v) is 9.04. The average molecular weight is 419 g/mol. The molecule has 0 spiro atoms. The van der Waals surface area contributed by atoms with E-state index in [1.165, 1.54) is 29.1 Å². The van der Waals surface area contributed by atoms with Crippen LogP contribution in [0.4, 0.5) is 0 Å². The summed E-state index contributed by atoms with van der Waals surface area (Å²) in [6, 6.07) is 13.2. The molecule has 3 heterocycles. The SMILES string of the molecule is Cn1ccc2cc(S(=O)(=O)c3ccc4c(=O)n(Cc5ccn[nH]5)ncc4c3)ccc21.